The highest BCUT2D eigenvalue weighted by Gasteiger charge is 2.20. The van der Waals surface area contributed by atoms with Gasteiger partial charge in [0.05, 0.1) is 11.4 Å². The zero-order chi connectivity index (χ0) is 20.1. The van der Waals surface area contributed by atoms with Gasteiger partial charge in [-0.1, -0.05) is 41.9 Å². The van der Waals surface area contributed by atoms with E-state index in [0.717, 1.165) is 22.5 Å². The van der Waals surface area contributed by atoms with Crippen molar-refractivity contribution in [1.29, 1.82) is 0 Å². The summed E-state index contributed by atoms with van der Waals surface area (Å²) in [6.07, 6.45) is 0.343. The second kappa shape index (κ2) is 8.71. The van der Waals surface area contributed by atoms with Gasteiger partial charge in [0.2, 0.25) is 5.91 Å². The molecule has 144 valence electrons. The van der Waals surface area contributed by atoms with Crippen LogP contribution in [0, 0.1) is 6.92 Å². The van der Waals surface area contributed by atoms with Crippen LogP contribution >= 0.6 is 11.6 Å². The lowest BCUT2D eigenvalue weighted by atomic mass is 10.1. The molecule has 2 aromatic carbocycles. The third-order valence-electron chi connectivity index (χ3n) is 4.25. The van der Waals surface area contributed by atoms with E-state index in [1.807, 2.05) is 49.4 Å². The summed E-state index contributed by atoms with van der Waals surface area (Å²) in [4.78, 5) is 23.1. The van der Waals surface area contributed by atoms with Gasteiger partial charge < -0.3 is 10.4 Å². The molecule has 0 bridgehead atoms. The van der Waals surface area contributed by atoms with E-state index in [9.17, 15) is 9.59 Å². The van der Waals surface area contributed by atoms with Crippen molar-refractivity contribution >= 4 is 29.3 Å². The zero-order valence-corrected chi connectivity index (χ0v) is 16.1. The lowest BCUT2D eigenvalue weighted by molar-refractivity contribution is -0.137. The van der Waals surface area contributed by atoms with Gasteiger partial charge in [-0.25, -0.2) is 4.68 Å². The van der Waals surface area contributed by atoms with Crippen molar-refractivity contribution < 1.29 is 14.7 Å². The highest BCUT2D eigenvalue weighted by Crippen LogP contribution is 2.33. The molecule has 1 amide bonds. The number of carboxylic acid groups (broad SMARTS) is 1. The average Bonchev–Trinajstić information content (AvgIpc) is 2.98. The van der Waals surface area contributed by atoms with Crippen molar-refractivity contribution in [3.63, 3.8) is 0 Å². The second-order valence-corrected chi connectivity index (χ2v) is 6.80. The lowest BCUT2D eigenvalue weighted by Gasteiger charge is -2.12. The number of anilines is 1. The van der Waals surface area contributed by atoms with Crippen molar-refractivity contribution in [3.8, 4) is 16.8 Å². The minimum absolute atomic E-state index is 0.0472. The number of hydrogen-bond donors (Lipinski definition) is 2. The number of carboxylic acids is 1. The van der Waals surface area contributed by atoms with Crippen LogP contribution in [0.3, 0.4) is 0 Å². The van der Waals surface area contributed by atoms with Crippen LogP contribution < -0.4 is 5.32 Å². The molecule has 0 radical (unpaired) electrons. The molecule has 0 fully saturated rings. The molecule has 28 heavy (non-hydrogen) atoms. The second-order valence-electron chi connectivity index (χ2n) is 6.36. The molecule has 7 heteroatoms. The van der Waals surface area contributed by atoms with Gasteiger partial charge in [-0.05, 0) is 43.2 Å². The number of nitrogens with zero attached hydrogens (tertiary/aromatic N) is 2. The predicted molar refractivity (Wildman–Crippen MR) is 109 cm³/mol. The van der Waals surface area contributed by atoms with Crippen LogP contribution in [0.25, 0.3) is 16.8 Å². The molecule has 3 aromatic rings. The lowest BCUT2D eigenvalue weighted by Crippen LogP contribution is -2.15. The number of aromatic nitrogens is 2. The number of carbonyl (C=O) groups excluding carboxylic acids is 1. The molecule has 0 saturated carbocycles. The molecule has 0 unspecified atom stereocenters. The van der Waals surface area contributed by atoms with Gasteiger partial charge >= 0.3 is 5.97 Å². The van der Waals surface area contributed by atoms with Crippen molar-refractivity contribution in [2.75, 3.05) is 5.32 Å². The topological polar surface area (TPSA) is 84.2 Å². The highest BCUT2D eigenvalue weighted by molar-refractivity contribution is 6.30. The summed E-state index contributed by atoms with van der Waals surface area (Å²) < 4.78 is 1.67. The Kier molecular flexibility index (Phi) is 6.11. The summed E-state index contributed by atoms with van der Waals surface area (Å²) in [5.74, 6) is -0.625. The Morgan fingerprint density at radius 3 is 2.39 bits per heavy atom. The molecular formula is C21H20ClN3O3. The van der Waals surface area contributed by atoms with E-state index in [4.69, 9.17) is 16.7 Å². The van der Waals surface area contributed by atoms with Crippen molar-refractivity contribution in [3.05, 3.63) is 65.3 Å². The normalized spacial score (nSPS) is 10.6. The van der Waals surface area contributed by atoms with Gasteiger partial charge in [0, 0.05) is 23.4 Å². The first kappa shape index (κ1) is 19.6. The van der Waals surface area contributed by atoms with E-state index >= 15 is 0 Å². The Morgan fingerprint density at radius 1 is 1.07 bits per heavy atom. The van der Waals surface area contributed by atoms with Gasteiger partial charge in [0.25, 0.3) is 0 Å². The molecule has 0 aliphatic carbocycles. The van der Waals surface area contributed by atoms with Crippen LogP contribution in [0.1, 0.15) is 25.0 Å². The largest absolute Gasteiger partial charge is 0.481 e. The molecule has 1 heterocycles. The fourth-order valence-corrected chi connectivity index (χ4v) is 3.08. The number of aliphatic carboxylic acids is 1. The quantitative estimate of drug-likeness (QED) is 0.605. The maximum Gasteiger partial charge on any atom is 0.303 e. The number of benzene rings is 2. The molecule has 1 aromatic heterocycles. The van der Waals surface area contributed by atoms with E-state index in [1.54, 1.807) is 16.8 Å². The Morgan fingerprint density at radius 2 is 1.75 bits per heavy atom. The van der Waals surface area contributed by atoms with E-state index < -0.39 is 5.97 Å². The van der Waals surface area contributed by atoms with Crippen LogP contribution in [-0.2, 0) is 9.59 Å². The van der Waals surface area contributed by atoms with Crippen molar-refractivity contribution in [2.24, 2.45) is 0 Å². The molecule has 2 N–H and O–H groups in total. The van der Waals surface area contributed by atoms with Crippen LogP contribution in [0.4, 0.5) is 5.82 Å². The Labute approximate surface area is 167 Å². The molecule has 0 spiro atoms. The molecule has 0 aliphatic rings. The van der Waals surface area contributed by atoms with E-state index in [1.165, 1.54) is 0 Å². The molecule has 0 aliphatic heterocycles. The van der Waals surface area contributed by atoms with Gasteiger partial charge in [0.15, 0.2) is 0 Å². The molecule has 0 saturated heterocycles. The summed E-state index contributed by atoms with van der Waals surface area (Å²) >= 11 is 5.99. The Balaban J connectivity index is 1.99. The first-order chi connectivity index (χ1) is 13.5. The first-order valence-electron chi connectivity index (χ1n) is 8.88. The average molecular weight is 398 g/mol. The maximum absolute atomic E-state index is 12.5. The summed E-state index contributed by atoms with van der Waals surface area (Å²) in [7, 11) is 0. The Hall–Kier alpha value is -3.12. The third kappa shape index (κ3) is 4.58. The van der Waals surface area contributed by atoms with Crippen molar-refractivity contribution in [1.82, 2.24) is 9.78 Å². The van der Waals surface area contributed by atoms with Gasteiger partial charge in [0.1, 0.15) is 5.82 Å². The van der Waals surface area contributed by atoms with Crippen LogP contribution in [0.15, 0.2) is 54.6 Å². The molecular weight excluding hydrogens is 378 g/mol. The summed E-state index contributed by atoms with van der Waals surface area (Å²) in [5, 5.41) is 16.9. The number of rotatable bonds is 7. The highest BCUT2D eigenvalue weighted by atomic mass is 35.5. The van der Waals surface area contributed by atoms with Crippen molar-refractivity contribution in [2.45, 2.75) is 26.2 Å². The van der Waals surface area contributed by atoms with Crippen LogP contribution in [0.2, 0.25) is 5.02 Å². The standard InChI is InChI=1S/C21H20ClN3O3/c1-14-20(15-6-3-2-4-7-15)21(23-18(26)8-5-9-19(27)28)25(24-14)17-12-10-16(22)11-13-17/h2-4,6-7,10-13H,5,8-9H2,1H3,(H,23,26)(H,27,28). The minimum Gasteiger partial charge on any atom is -0.481 e. The predicted octanol–water partition coefficient (Wildman–Crippen LogP) is 4.69. The minimum atomic E-state index is -0.917. The van der Waals surface area contributed by atoms with Crippen LogP contribution in [0.5, 0.6) is 0 Å². The molecule has 0 atom stereocenters. The number of amides is 1. The number of carbonyl (C=O) groups is 2. The maximum atomic E-state index is 12.5. The van der Waals surface area contributed by atoms with Crippen LogP contribution in [-0.4, -0.2) is 26.8 Å². The number of nitrogens with one attached hydrogen (secondary N) is 1. The van der Waals surface area contributed by atoms with E-state index in [0.29, 0.717) is 10.8 Å². The van der Waals surface area contributed by atoms with E-state index in [-0.39, 0.29) is 25.2 Å². The van der Waals surface area contributed by atoms with Gasteiger partial charge in [-0.3, -0.25) is 9.59 Å². The summed E-state index contributed by atoms with van der Waals surface area (Å²) in [6, 6.07) is 16.8. The Bertz CT molecular complexity index is 982. The molecule has 3 rings (SSSR count). The number of halogens is 1. The smallest absolute Gasteiger partial charge is 0.303 e. The number of aryl methyl sites for hydroxylation is 1. The number of hydrogen-bond acceptors (Lipinski definition) is 3. The monoisotopic (exact) mass is 397 g/mol. The fourth-order valence-electron chi connectivity index (χ4n) is 2.96. The summed E-state index contributed by atoms with van der Waals surface area (Å²) in [6.45, 7) is 1.88. The third-order valence-corrected chi connectivity index (χ3v) is 4.50. The summed E-state index contributed by atoms with van der Waals surface area (Å²) in [5.41, 5.74) is 3.28. The van der Waals surface area contributed by atoms with Gasteiger partial charge in [-0.15, -0.1) is 0 Å². The van der Waals surface area contributed by atoms with E-state index in [2.05, 4.69) is 10.4 Å². The van der Waals surface area contributed by atoms with Gasteiger partial charge in [-0.2, -0.15) is 5.10 Å². The zero-order valence-electron chi connectivity index (χ0n) is 15.4. The molecule has 6 nitrogen and oxygen atoms in total. The SMILES string of the molecule is Cc1nn(-c2ccc(Cl)cc2)c(NC(=O)CCCC(=O)O)c1-c1ccccc1. The fraction of sp³-hybridized carbons (Fsp3) is 0.190. The first-order valence-corrected chi connectivity index (χ1v) is 9.26.